The highest BCUT2D eigenvalue weighted by Gasteiger charge is 2.09. The van der Waals surface area contributed by atoms with Crippen molar-refractivity contribution in [3.8, 4) is 0 Å². The molecule has 2 amide bonds. The smallest absolute Gasteiger partial charge is 0.306 e. The average Bonchev–Trinajstić information content (AvgIpc) is 2.61. The standard InChI is InChI=1S/C20H22N2O4/c1-2-26-20(25)12-11-18(23)21-16-9-6-10-17(14-16)22-19(24)13-15-7-4-3-5-8-15/h3-10,14H,2,11-13H2,1H3,(H,21,23)(H,22,24). The quantitative estimate of drug-likeness (QED) is 0.713. The van der Waals surface area contributed by atoms with Crippen LogP contribution in [0.4, 0.5) is 11.4 Å². The van der Waals surface area contributed by atoms with Gasteiger partial charge in [-0.3, -0.25) is 14.4 Å². The van der Waals surface area contributed by atoms with E-state index in [0.717, 1.165) is 5.56 Å². The second-order valence-corrected chi connectivity index (χ2v) is 5.64. The zero-order valence-corrected chi connectivity index (χ0v) is 14.7. The van der Waals surface area contributed by atoms with E-state index < -0.39 is 5.97 Å². The van der Waals surface area contributed by atoms with Crippen molar-refractivity contribution in [1.29, 1.82) is 0 Å². The molecular weight excluding hydrogens is 332 g/mol. The predicted octanol–water partition coefficient (Wildman–Crippen LogP) is 3.15. The number of esters is 1. The van der Waals surface area contributed by atoms with E-state index in [0.29, 0.717) is 18.0 Å². The maximum atomic E-state index is 12.1. The van der Waals surface area contributed by atoms with Crippen LogP contribution < -0.4 is 10.6 Å². The minimum Gasteiger partial charge on any atom is -0.466 e. The third-order valence-corrected chi connectivity index (χ3v) is 3.50. The van der Waals surface area contributed by atoms with E-state index in [1.807, 2.05) is 30.3 Å². The Morgan fingerprint density at radius 1 is 0.846 bits per heavy atom. The monoisotopic (exact) mass is 354 g/mol. The van der Waals surface area contributed by atoms with Gasteiger partial charge in [0.25, 0.3) is 0 Å². The van der Waals surface area contributed by atoms with Crippen molar-refractivity contribution in [2.75, 3.05) is 17.2 Å². The van der Waals surface area contributed by atoms with Gasteiger partial charge in [0.2, 0.25) is 11.8 Å². The Balaban J connectivity index is 1.86. The summed E-state index contributed by atoms with van der Waals surface area (Å²) in [4.78, 5) is 35.3. The van der Waals surface area contributed by atoms with Crippen molar-refractivity contribution in [2.45, 2.75) is 26.2 Å². The van der Waals surface area contributed by atoms with Gasteiger partial charge in [0.1, 0.15) is 0 Å². The van der Waals surface area contributed by atoms with Gasteiger partial charge in [-0.2, -0.15) is 0 Å². The van der Waals surface area contributed by atoms with Crippen molar-refractivity contribution in [1.82, 2.24) is 0 Å². The Kier molecular flexibility index (Phi) is 7.36. The molecule has 0 fully saturated rings. The molecule has 6 heteroatoms. The summed E-state index contributed by atoms with van der Waals surface area (Å²) in [6, 6.07) is 16.3. The van der Waals surface area contributed by atoms with E-state index in [1.54, 1.807) is 31.2 Å². The van der Waals surface area contributed by atoms with Crippen LogP contribution in [-0.2, 0) is 25.5 Å². The van der Waals surface area contributed by atoms with E-state index in [1.165, 1.54) is 0 Å². The first-order valence-electron chi connectivity index (χ1n) is 8.46. The third-order valence-electron chi connectivity index (χ3n) is 3.50. The molecule has 0 atom stereocenters. The number of hydrogen-bond acceptors (Lipinski definition) is 4. The summed E-state index contributed by atoms with van der Waals surface area (Å²) in [5.41, 5.74) is 2.07. The van der Waals surface area contributed by atoms with Gasteiger partial charge in [-0.1, -0.05) is 36.4 Å². The van der Waals surface area contributed by atoms with E-state index in [9.17, 15) is 14.4 Å². The van der Waals surface area contributed by atoms with Crippen LogP contribution in [0.2, 0.25) is 0 Å². The lowest BCUT2D eigenvalue weighted by Crippen LogP contribution is -2.16. The number of rotatable bonds is 8. The lowest BCUT2D eigenvalue weighted by Gasteiger charge is -2.09. The highest BCUT2D eigenvalue weighted by atomic mass is 16.5. The van der Waals surface area contributed by atoms with E-state index in [4.69, 9.17) is 4.74 Å². The fourth-order valence-corrected chi connectivity index (χ4v) is 2.33. The minimum absolute atomic E-state index is 0.0349. The maximum Gasteiger partial charge on any atom is 0.306 e. The second-order valence-electron chi connectivity index (χ2n) is 5.64. The Labute approximate surface area is 152 Å². The van der Waals surface area contributed by atoms with Gasteiger partial charge in [-0.05, 0) is 30.7 Å². The molecule has 0 aliphatic heterocycles. The molecule has 2 aromatic carbocycles. The number of hydrogen-bond donors (Lipinski definition) is 2. The second kappa shape index (κ2) is 9.98. The summed E-state index contributed by atoms with van der Waals surface area (Å²) in [6.45, 7) is 2.01. The molecule has 6 nitrogen and oxygen atoms in total. The van der Waals surface area contributed by atoms with Crippen molar-refractivity contribution in [3.05, 3.63) is 60.2 Å². The Bertz CT molecular complexity index is 759. The average molecular weight is 354 g/mol. The first kappa shape index (κ1) is 19.2. The SMILES string of the molecule is CCOC(=O)CCC(=O)Nc1cccc(NC(=O)Cc2ccccc2)c1. The topological polar surface area (TPSA) is 84.5 Å². The zero-order valence-electron chi connectivity index (χ0n) is 14.7. The van der Waals surface area contributed by atoms with Crippen molar-refractivity contribution < 1.29 is 19.1 Å². The molecule has 2 N–H and O–H groups in total. The predicted molar refractivity (Wildman–Crippen MR) is 99.7 cm³/mol. The summed E-state index contributed by atoms with van der Waals surface area (Å²) in [5.74, 6) is -0.822. The lowest BCUT2D eigenvalue weighted by atomic mass is 10.1. The number of nitrogens with one attached hydrogen (secondary N) is 2. The summed E-state index contributed by atoms with van der Waals surface area (Å²) >= 11 is 0. The fourth-order valence-electron chi connectivity index (χ4n) is 2.33. The molecule has 0 bridgehead atoms. The highest BCUT2D eigenvalue weighted by molar-refractivity contribution is 5.95. The molecule has 0 heterocycles. The molecule has 2 aromatic rings. The van der Waals surface area contributed by atoms with Crippen LogP contribution in [0.3, 0.4) is 0 Å². The first-order valence-corrected chi connectivity index (χ1v) is 8.46. The Morgan fingerprint density at radius 2 is 1.50 bits per heavy atom. The normalized spacial score (nSPS) is 10.0. The van der Waals surface area contributed by atoms with Crippen molar-refractivity contribution in [2.24, 2.45) is 0 Å². The van der Waals surface area contributed by atoms with Crippen LogP contribution in [0.5, 0.6) is 0 Å². The van der Waals surface area contributed by atoms with Crippen molar-refractivity contribution >= 4 is 29.2 Å². The van der Waals surface area contributed by atoms with Gasteiger partial charge in [0.05, 0.1) is 19.4 Å². The van der Waals surface area contributed by atoms with Gasteiger partial charge in [0.15, 0.2) is 0 Å². The molecule has 0 spiro atoms. The van der Waals surface area contributed by atoms with Crippen LogP contribution in [0.15, 0.2) is 54.6 Å². The van der Waals surface area contributed by atoms with Gasteiger partial charge < -0.3 is 15.4 Å². The molecule has 0 saturated carbocycles. The molecule has 0 aliphatic rings. The molecule has 0 aromatic heterocycles. The largest absolute Gasteiger partial charge is 0.466 e. The maximum absolute atomic E-state index is 12.1. The molecule has 0 unspecified atom stereocenters. The van der Waals surface area contributed by atoms with Gasteiger partial charge in [-0.25, -0.2) is 0 Å². The number of amides is 2. The number of anilines is 2. The van der Waals surface area contributed by atoms with Crippen LogP contribution in [0.25, 0.3) is 0 Å². The van der Waals surface area contributed by atoms with Crippen LogP contribution in [0.1, 0.15) is 25.3 Å². The highest BCUT2D eigenvalue weighted by Crippen LogP contribution is 2.16. The molecule has 0 radical (unpaired) electrons. The van der Waals surface area contributed by atoms with Crippen LogP contribution >= 0.6 is 0 Å². The summed E-state index contributed by atoms with van der Waals surface area (Å²) in [7, 11) is 0. The molecule has 0 aliphatic carbocycles. The molecule has 2 rings (SSSR count). The van der Waals surface area contributed by atoms with Gasteiger partial charge in [0, 0.05) is 17.8 Å². The molecular formula is C20H22N2O4. The summed E-state index contributed by atoms with van der Waals surface area (Å²) < 4.78 is 4.79. The number of carbonyl (C=O) groups excluding carboxylic acids is 3. The lowest BCUT2D eigenvalue weighted by molar-refractivity contribution is -0.144. The molecule has 26 heavy (non-hydrogen) atoms. The molecule has 136 valence electrons. The Morgan fingerprint density at radius 3 is 2.15 bits per heavy atom. The van der Waals surface area contributed by atoms with E-state index in [-0.39, 0.29) is 31.1 Å². The fraction of sp³-hybridized carbons (Fsp3) is 0.250. The first-order chi connectivity index (χ1) is 12.6. The van der Waals surface area contributed by atoms with Gasteiger partial charge >= 0.3 is 5.97 Å². The van der Waals surface area contributed by atoms with Gasteiger partial charge in [-0.15, -0.1) is 0 Å². The van der Waals surface area contributed by atoms with E-state index >= 15 is 0 Å². The third kappa shape index (κ3) is 6.76. The summed E-state index contributed by atoms with van der Waals surface area (Å²) in [6.07, 6.45) is 0.355. The van der Waals surface area contributed by atoms with Crippen molar-refractivity contribution in [3.63, 3.8) is 0 Å². The van der Waals surface area contributed by atoms with Crippen LogP contribution in [0, 0.1) is 0 Å². The molecule has 0 saturated heterocycles. The number of ether oxygens (including phenoxy) is 1. The van der Waals surface area contributed by atoms with E-state index in [2.05, 4.69) is 10.6 Å². The zero-order chi connectivity index (χ0) is 18.8. The minimum atomic E-state index is -0.399. The number of carbonyl (C=O) groups is 3. The van der Waals surface area contributed by atoms with Crippen LogP contribution in [-0.4, -0.2) is 24.4 Å². The summed E-state index contributed by atoms with van der Waals surface area (Å²) in [5, 5.41) is 5.51. The number of benzene rings is 2. The Hall–Kier alpha value is -3.15.